The number of barbiturate groups is 1. The quantitative estimate of drug-likeness (QED) is 0.251. The summed E-state index contributed by atoms with van der Waals surface area (Å²) < 4.78 is 11.0. The van der Waals surface area contributed by atoms with Crippen LogP contribution in [0.15, 0.2) is 75.3 Å². The van der Waals surface area contributed by atoms with Gasteiger partial charge in [0.1, 0.15) is 11.3 Å². The molecular weight excluding hydrogens is 480 g/mol. The number of hydrogen-bond acceptors (Lipinski definition) is 6. The summed E-state index contributed by atoms with van der Waals surface area (Å²) in [7, 11) is 0. The zero-order chi connectivity index (χ0) is 22.8. The first-order valence-corrected chi connectivity index (χ1v) is 10.2. The molecule has 0 radical (unpaired) electrons. The molecule has 9 heteroatoms. The molecule has 2 heterocycles. The van der Waals surface area contributed by atoms with Gasteiger partial charge in [0.15, 0.2) is 0 Å². The summed E-state index contributed by atoms with van der Waals surface area (Å²) in [6, 6.07) is 13.7. The van der Waals surface area contributed by atoms with Crippen LogP contribution < -0.4 is 15.0 Å². The Bertz CT molecular complexity index is 1280. The van der Waals surface area contributed by atoms with Gasteiger partial charge in [-0.2, -0.15) is 0 Å². The monoisotopic (exact) mass is 494 g/mol. The van der Waals surface area contributed by atoms with Gasteiger partial charge in [-0.3, -0.25) is 14.9 Å². The fourth-order valence-electron chi connectivity index (χ4n) is 3.12. The van der Waals surface area contributed by atoms with E-state index in [9.17, 15) is 19.2 Å². The fraction of sp³-hybridized carbons (Fsp3) is 0.0435. The molecule has 0 saturated carbocycles. The zero-order valence-corrected chi connectivity index (χ0v) is 18.2. The van der Waals surface area contributed by atoms with E-state index in [-0.39, 0.29) is 22.6 Å². The van der Waals surface area contributed by atoms with Crippen molar-refractivity contribution in [1.82, 2.24) is 5.32 Å². The van der Waals surface area contributed by atoms with Crippen molar-refractivity contribution in [3.8, 4) is 5.75 Å². The summed E-state index contributed by atoms with van der Waals surface area (Å²) in [4.78, 5) is 51.3. The maximum atomic E-state index is 13.2. The average Bonchev–Trinajstić information content (AvgIpc) is 3.29. The van der Waals surface area contributed by atoms with Crippen LogP contribution in [0.4, 0.5) is 10.5 Å². The van der Waals surface area contributed by atoms with E-state index in [1.54, 1.807) is 49.4 Å². The topological polar surface area (TPSA) is 106 Å². The second-order valence-electron chi connectivity index (χ2n) is 6.79. The molecule has 32 heavy (non-hydrogen) atoms. The molecule has 8 nitrogen and oxygen atoms in total. The van der Waals surface area contributed by atoms with E-state index in [4.69, 9.17) is 9.15 Å². The number of aryl methyl sites for hydroxylation is 1. The number of halogens is 1. The van der Waals surface area contributed by atoms with Crippen LogP contribution in [-0.2, 0) is 9.59 Å². The van der Waals surface area contributed by atoms with Gasteiger partial charge in [0.2, 0.25) is 5.76 Å². The lowest BCUT2D eigenvalue weighted by atomic mass is 10.1. The number of ether oxygens (including phenoxy) is 1. The van der Waals surface area contributed by atoms with Crippen molar-refractivity contribution in [2.24, 2.45) is 0 Å². The number of para-hydroxylation sites is 1. The van der Waals surface area contributed by atoms with E-state index in [1.165, 1.54) is 24.5 Å². The Morgan fingerprint density at radius 2 is 1.88 bits per heavy atom. The predicted molar refractivity (Wildman–Crippen MR) is 118 cm³/mol. The van der Waals surface area contributed by atoms with Crippen LogP contribution in [0.5, 0.6) is 5.75 Å². The number of imide groups is 2. The number of rotatable bonds is 4. The first-order chi connectivity index (χ1) is 15.3. The Morgan fingerprint density at radius 3 is 2.59 bits per heavy atom. The lowest BCUT2D eigenvalue weighted by Crippen LogP contribution is -2.54. The molecule has 0 aliphatic carbocycles. The van der Waals surface area contributed by atoms with Crippen LogP contribution in [0, 0.1) is 6.92 Å². The van der Waals surface area contributed by atoms with E-state index >= 15 is 0 Å². The molecule has 1 aliphatic heterocycles. The molecule has 1 N–H and O–H groups in total. The lowest BCUT2D eigenvalue weighted by molar-refractivity contribution is -0.122. The van der Waals surface area contributed by atoms with E-state index < -0.39 is 23.8 Å². The van der Waals surface area contributed by atoms with Gasteiger partial charge < -0.3 is 9.15 Å². The lowest BCUT2D eigenvalue weighted by Gasteiger charge is -2.27. The van der Waals surface area contributed by atoms with Gasteiger partial charge in [-0.05, 0) is 55.0 Å². The number of hydrogen-bond donors (Lipinski definition) is 1. The number of nitrogens with zero attached hydrogens (tertiary/aromatic N) is 1. The van der Waals surface area contributed by atoms with Crippen LogP contribution in [0.3, 0.4) is 0 Å². The normalized spacial score (nSPS) is 15.1. The largest absolute Gasteiger partial charge is 0.457 e. The number of urea groups is 1. The maximum Gasteiger partial charge on any atom is 0.379 e. The highest BCUT2D eigenvalue weighted by molar-refractivity contribution is 9.10. The molecule has 160 valence electrons. The van der Waals surface area contributed by atoms with Gasteiger partial charge in [-0.1, -0.05) is 34.1 Å². The molecule has 2 aromatic carbocycles. The number of anilines is 1. The van der Waals surface area contributed by atoms with Crippen LogP contribution >= 0.6 is 15.9 Å². The standard InChI is InChI=1S/C23H15BrN2O6/c1-13-5-2-3-6-17(13)26-21(28)16(20(27)25-23(26)30)12-14-11-15(24)8-9-18(14)32-22(29)19-7-4-10-31-19/h2-12H,1H3,(H,25,27,30). The van der Waals surface area contributed by atoms with E-state index in [2.05, 4.69) is 21.2 Å². The summed E-state index contributed by atoms with van der Waals surface area (Å²) >= 11 is 3.33. The molecular formula is C23H15BrN2O6. The third-order valence-electron chi connectivity index (χ3n) is 4.65. The highest BCUT2D eigenvalue weighted by Gasteiger charge is 2.37. The minimum Gasteiger partial charge on any atom is -0.457 e. The molecule has 0 spiro atoms. The van der Waals surface area contributed by atoms with Crippen LogP contribution in [0.1, 0.15) is 21.7 Å². The Hall–Kier alpha value is -3.98. The SMILES string of the molecule is Cc1ccccc1N1C(=O)NC(=O)C(=Cc2cc(Br)ccc2OC(=O)c2ccco2)C1=O. The van der Waals surface area contributed by atoms with Crippen molar-refractivity contribution in [2.75, 3.05) is 4.90 Å². The number of carbonyl (C=O) groups excluding carboxylic acids is 4. The van der Waals surface area contributed by atoms with Crippen LogP contribution in [0.2, 0.25) is 0 Å². The molecule has 4 rings (SSSR count). The maximum absolute atomic E-state index is 13.2. The molecule has 1 saturated heterocycles. The summed E-state index contributed by atoms with van der Waals surface area (Å²) in [6.45, 7) is 1.75. The molecule has 1 fully saturated rings. The van der Waals surface area contributed by atoms with Gasteiger partial charge in [0.05, 0.1) is 12.0 Å². The predicted octanol–water partition coefficient (Wildman–Crippen LogP) is 4.24. The van der Waals surface area contributed by atoms with E-state index in [0.29, 0.717) is 15.7 Å². The Labute approximate surface area is 190 Å². The highest BCUT2D eigenvalue weighted by Crippen LogP contribution is 2.29. The molecule has 3 aromatic rings. The molecule has 0 atom stereocenters. The van der Waals surface area contributed by atoms with Crippen molar-refractivity contribution in [1.29, 1.82) is 0 Å². The Morgan fingerprint density at radius 1 is 1.09 bits per heavy atom. The van der Waals surface area contributed by atoms with Gasteiger partial charge >= 0.3 is 12.0 Å². The highest BCUT2D eigenvalue weighted by atomic mass is 79.9. The van der Waals surface area contributed by atoms with Crippen molar-refractivity contribution >= 4 is 51.5 Å². The second kappa shape index (κ2) is 8.64. The van der Waals surface area contributed by atoms with Crippen molar-refractivity contribution in [3.63, 3.8) is 0 Å². The minimum atomic E-state index is -0.854. The van der Waals surface area contributed by atoms with Gasteiger partial charge in [-0.15, -0.1) is 0 Å². The minimum absolute atomic E-state index is 0.00525. The van der Waals surface area contributed by atoms with Crippen LogP contribution in [-0.4, -0.2) is 23.8 Å². The number of furan rings is 1. The van der Waals surface area contributed by atoms with Gasteiger partial charge in [-0.25, -0.2) is 14.5 Å². The Kier molecular flexibility index (Phi) is 5.74. The van der Waals surface area contributed by atoms with Crippen molar-refractivity contribution in [3.05, 3.63) is 87.8 Å². The van der Waals surface area contributed by atoms with Crippen molar-refractivity contribution < 1.29 is 28.3 Å². The van der Waals surface area contributed by atoms with E-state index in [0.717, 1.165) is 4.90 Å². The summed E-state index contributed by atoms with van der Waals surface area (Å²) in [6.07, 6.45) is 2.61. The first-order valence-electron chi connectivity index (χ1n) is 9.37. The molecule has 0 unspecified atom stereocenters. The number of carbonyl (C=O) groups is 4. The first kappa shape index (κ1) is 21.3. The number of esters is 1. The third kappa shape index (κ3) is 4.10. The van der Waals surface area contributed by atoms with Gasteiger partial charge in [0, 0.05) is 10.0 Å². The molecule has 4 amide bonds. The molecule has 1 aromatic heterocycles. The second-order valence-corrected chi connectivity index (χ2v) is 7.71. The smallest absolute Gasteiger partial charge is 0.379 e. The summed E-state index contributed by atoms with van der Waals surface area (Å²) in [5.41, 5.74) is 1.02. The zero-order valence-electron chi connectivity index (χ0n) is 16.6. The van der Waals surface area contributed by atoms with E-state index in [1.807, 2.05) is 0 Å². The average molecular weight is 495 g/mol. The fourth-order valence-corrected chi connectivity index (χ4v) is 3.49. The number of nitrogens with one attached hydrogen (secondary N) is 1. The van der Waals surface area contributed by atoms with Crippen LogP contribution in [0.25, 0.3) is 6.08 Å². The molecule has 1 aliphatic rings. The van der Waals surface area contributed by atoms with Gasteiger partial charge in [0.25, 0.3) is 11.8 Å². The number of amides is 4. The Balaban J connectivity index is 1.74. The molecule has 0 bridgehead atoms. The summed E-state index contributed by atoms with van der Waals surface area (Å²) in [5, 5.41) is 2.18. The number of benzene rings is 2. The van der Waals surface area contributed by atoms with Crippen molar-refractivity contribution in [2.45, 2.75) is 6.92 Å². The summed E-state index contributed by atoms with van der Waals surface area (Å²) in [5.74, 6) is -2.30. The third-order valence-corrected chi connectivity index (χ3v) is 5.15.